The van der Waals surface area contributed by atoms with E-state index >= 15 is 0 Å². The Morgan fingerprint density at radius 2 is 1.62 bits per heavy atom. The summed E-state index contributed by atoms with van der Waals surface area (Å²) in [6.45, 7) is 3.89. The zero-order valence-corrected chi connectivity index (χ0v) is 13.5. The molecular weight excluding hydrogens is 300 g/mol. The minimum atomic E-state index is 0.0431. The van der Waals surface area contributed by atoms with E-state index in [0.717, 1.165) is 29.3 Å². The maximum Gasteiger partial charge on any atom is 0.254 e. The summed E-state index contributed by atoms with van der Waals surface area (Å²) in [6.07, 6.45) is 0. The fraction of sp³-hybridized carbons (Fsp3) is 0.211. The van der Waals surface area contributed by atoms with Gasteiger partial charge in [-0.3, -0.25) is 4.79 Å². The first kappa shape index (κ1) is 14.6. The Kier molecular flexibility index (Phi) is 3.61. The van der Waals surface area contributed by atoms with Gasteiger partial charge in [0.05, 0.1) is 6.54 Å². The molecule has 1 aliphatic rings. The van der Waals surface area contributed by atoms with E-state index in [1.165, 1.54) is 0 Å². The van der Waals surface area contributed by atoms with E-state index in [0.29, 0.717) is 18.7 Å². The third-order valence-corrected chi connectivity index (χ3v) is 4.46. The number of hydrogen-bond acceptors (Lipinski definition) is 3. The van der Waals surface area contributed by atoms with Crippen LogP contribution in [0.25, 0.3) is 11.1 Å². The van der Waals surface area contributed by atoms with Crippen molar-refractivity contribution >= 4 is 5.91 Å². The highest BCUT2D eigenvalue weighted by atomic mass is 16.2. The second-order valence-electron chi connectivity index (χ2n) is 5.99. The van der Waals surface area contributed by atoms with Crippen LogP contribution in [0.5, 0.6) is 0 Å². The smallest absolute Gasteiger partial charge is 0.254 e. The second-order valence-corrected chi connectivity index (χ2v) is 5.99. The van der Waals surface area contributed by atoms with Crippen molar-refractivity contribution in [1.82, 2.24) is 19.7 Å². The molecule has 3 aromatic rings. The van der Waals surface area contributed by atoms with Gasteiger partial charge >= 0.3 is 0 Å². The summed E-state index contributed by atoms with van der Waals surface area (Å²) in [5.74, 6) is 1.80. The largest absolute Gasteiger partial charge is 0.329 e. The van der Waals surface area contributed by atoms with Crippen LogP contribution in [0.1, 0.15) is 22.0 Å². The first-order valence-corrected chi connectivity index (χ1v) is 8.06. The summed E-state index contributed by atoms with van der Waals surface area (Å²) in [5.41, 5.74) is 2.97. The molecule has 0 fully saturated rings. The number of carbonyl (C=O) groups excluding carboxylic acids is 1. The summed E-state index contributed by atoms with van der Waals surface area (Å²) < 4.78 is 2.07. The Bertz CT molecular complexity index is 868. The van der Waals surface area contributed by atoms with Gasteiger partial charge in [0.1, 0.15) is 5.82 Å². The van der Waals surface area contributed by atoms with E-state index in [2.05, 4.69) is 26.9 Å². The first-order valence-electron chi connectivity index (χ1n) is 8.06. The number of carbonyl (C=O) groups is 1. The average Bonchev–Trinajstić information content (AvgIpc) is 3.02. The summed E-state index contributed by atoms with van der Waals surface area (Å²) in [7, 11) is 0. The van der Waals surface area contributed by atoms with Crippen LogP contribution in [0.3, 0.4) is 0 Å². The van der Waals surface area contributed by atoms with Gasteiger partial charge in [-0.05, 0) is 30.2 Å². The van der Waals surface area contributed by atoms with Gasteiger partial charge < -0.3 is 9.47 Å². The van der Waals surface area contributed by atoms with Crippen LogP contribution in [0, 0.1) is 6.92 Å². The third-order valence-electron chi connectivity index (χ3n) is 4.46. The molecule has 0 atom stereocenters. The Hall–Kier alpha value is -2.95. The van der Waals surface area contributed by atoms with Crippen LogP contribution in [0.4, 0.5) is 0 Å². The number of amides is 1. The summed E-state index contributed by atoms with van der Waals surface area (Å²) in [6, 6.07) is 18.0. The highest BCUT2D eigenvalue weighted by Crippen LogP contribution is 2.21. The van der Waals surface area contributed by atoms with Crippen molar-refractivity contribution in [2.75, 3.05) is 6.54 Å². The number of aryl methyl sites for hydroxylation is 1. The lowest BCUT2D eigenvalue weighted by molar-refractivity contribution is 0.0706. The molecule has 5 nitrogen and oxygen atoms in total. The predicted molar refractivity (Wildman–Crippen MR) is 91.4 cm³/mol. The van der Waals surface area contributed by atoms with Crippen molar-refractivity contribution < 1.29 is 4.79 Å². The molecule has 0 spiro atoms. The number of rotatable bonds is 2. The Morgan fingerprint density at radius 3 is 2.38 bits per heavy atom. The lowest BCUT2D eigenvalue weighted by Gasteiger charge is -2.27. The van der Waals surface area contributed by atoms with Crippen molar-refractivity contribution in [2.24, 2.45) is 0 Å². The fourth-order valence-corrected chi connectivity index (χ4v) is 3.09. The molecule has 0 saturated heterocycles. The molecule has 0 N–H and O–H groups in total. The molecule has 0 bridgehead atoms. The molecule has 1 amide bonds. The van der Waals surface area contributed by atoms with E-state index < -0.39 is 0 Å². The molecule has 0 radical (unpaired) electrons. The normalized spacial score (nSPS) is 13.6. The highest BCUT2D eigenvalue weighted by Gasteiger charge is 2.24. The Labute approximate surface area is 140 Å². The van der Waals surface area contributed by atoms with Crippen molar-refractivity contribution in [3.8, 4) is 11.1 Å². The SMILES string of the molecule is Cc1nnc2n1CCN(C(=O)c1ccc(-c3ccccc3)cc1)C2. The van der Waals surface area contributed by atoms with Crippen LogP contribution in [-0.2, 0) is 13.1 Å². The van der Waals surface area contributed by atoms with Crippen LogP contribution in [0.2, 0.25) is 0 Å². The quantitative estimate of drug-likeness (QED) is 0.730. The second kappa shape index (κ2) is 5.92. The van der Waals surface area contributed by atoms with Gasteiger partial charge in [-0.2, -0.15) is 0 Å². The van der Waals surface area contributed by atoms with Gasteiger partial charge in [-0.15, -0.1) is 10.2 Å². The molecule has 5 heteroatoms. The Balaban J connectivity index is 1.53. The monoisotopic (exact) mass is 318 g/mol. The number of benzene rings is 2. The first-order chi connectivity index (χ1) is 11.7. The van der Waals surface area contributed by atoms with Gasteiger partial charge in [0.15, 0.2) is 5.82 Å². The molecule has 2 aromatic carbocycles. The molecule has 2 heterocycles. The molecule has 4 rings (SSSR count). The van der Waals surface area contributed by atoms with Gasteiger partial charge in [0, 0.05) is 18.7 Å². The van der Waals surface area contributed by atoms with Gasteiger partial charge in [0.25, 0.3) is 5.91 Å². The highest BCUT2D eigenvalue weighted by molar-refractivity contribution is 5.94. The molecule has 0 unspecified atom stereocenters. The lowest BCUT2D eigenvalue weighted by Crippen LogP contribution is -2.38. The Morgan fingerprint density at radius 1 is 0.917 bits per heavy atom. The summed E-state index contributed by atoms with van der Waals surface area (Å²) in [5, 5.41) is 8.24. The topological polar surface area (TPSA) is 51.0 Å². The molecule has 24 heavy (non-hydrogen) atoms. The predicted octanol–water partition coefficient (Wildman–Crippen LogP) is 2.91. The fourth-order valence-electron chi connectivity index (χ4n) is 3.09. The zero-order chi connectivity index (χ0) is 16.5. The summed E-state index contributed by atoms with van der Waals surface area (Å²) in [4.78, 5) is 14.6. The van der Waals surface area contributed by atoms with E-state index in [9.17, 15) is 4.79 Å². The minimum absolute atomic E-state index is 0.0431. The van der Waals surface area contributed by atoms with E-state index in [1.54, 1.807) is 0 Å². The number of aromatic nitrogens is 3. The van der Waals surface area contributed by atoms with Crippen LogP contribution in [0.15, 0.2) is 54.6 Å². The molecule has 1 aromatic heterocycles. The maximum absolute atomic E-state index is 12.7. The van der Waals surface area contributed by atoms with Gasteiger partial charge in [-0.1, -0.05) is 42.5 Å². The summed E-state index contributed by atoms with van der Waals surface area (Å²) >= 11 is 0. The van der Waals surface area contributed by atoms with E-state index in [4.69, 9.17) is 0 Å². The van der Waals surface area contributed by atoms with Crippen molar-refractivity contribution in [3.63, 3.8) is 0 Å². The standard InChI is InChI=1S/C19H18N4O/c1-14-20-21-18-13-22(11-12-23(14)18)19(24)17-9-7-16(8-10-17)15-5-3-2-4-6-15/h2-10H,11-13H2,1H3. The van der Waals surface area contributed by atoms with Crippen LogP contribution < -0.4 is 0 Å². The molecule has 0 aliphatic carbocycles. The van der Waals surface area contributed by atoms with Crippen LogP contribution >= 0.6 is 0 Å². The molecule has 120 valence electrons. The van der Waals surface area contributed by atoms with Crippen molar-refractivity contribution in [2.45, 2.75) is 20.0 Å². The van der Waals surface area contributed by atoms with Crippen LogP contribution in [-0.4, -0.2) is 32.1 Å². The average molecular weight is 318 g/mol. The number of hydrogen-bond donors (Lipinski definition) is 0. The minimum Gasteiger partial charge on any atom is -0.329 e. The molecule has 1 aliphatic heterocycles. The number of fused-ring (bicyclic) bond motifs is 1. The van der Waals surface area contributed by atoms with E-state index in [1.807, 2.05) is 54.3 Å². The molecular formula is C19H18N4O. The van der Waals surface area contributed by atoms with Gasteiger partial charge in [0.2, 0.25) is 0 Å². The van der Waals surface area contributed by atoms with Gasteiger partial charge in [-0.25, -0.2) is 0 Å². The van der Waals surface area contributed by atoms with Crippen molar-refractivity contribution in [1.29, 1.82) is 0 Å². The molecule has 0 saturated carbocycles. The van der Waals surface area contributed by atoms with E-state index in [-0.39, 0.29) is 5.91 Å². The maximum atomic E-state index is 12.7. The number of nitrogens with zero attached hydrogens (tertiary/aromatic N) is 4. The third kappa shape index (κ3) is 2.58. The lowest BCUT2D eigenvalue weighted by atomic mass is 10.0. The van der Waals surface area contributed by atoms with Crippen molar-refractivity contribution in [3.05, 3.63) is 71.8 Å². The zero-order valence-electron chi connectivity index (χ0n) is 13.5.